The first-order valence-electron chi connectivity index (χ1n) is 8.37. The number of nitrogens with two attached hydrogens (primary N) is 1. The summed E-state index contributed by atoms with van der Waals surface area (Å²) in [7, 11) is 3.26. The summed E-state index contributed by atoms with van der Waals surface area (Å²) in [5, 5.41) is 3.27. The Balaban J connectivity index is 0.00000288. The van der Waals surface area contributed by atoms with Crippen LogP contribution in [0.2, 0.25) is 0 Å². The zero-order chi connectivity index (χ0) is 16.7. The van der Waals surface area contributed by atoms with Crippen LogP contribution in [-0.2, 0) is 6.54 Å². The minimum atomic E-state index is 0. The Hall–Kier alpha value is -1.18. The number of hydrogen-bond donors (Lipinski definition) is 2. The Labute approximate surface area is 162 Å². The molecule has 0 heterocycles. The molecule has 0 radical (unpaired) electrons. The molecule has 1 aliphatic rings. The molecule has 2 rings (SSSR count). The van der Waals surface area contributed by atoms with Gasteiger partial charge in [0.05, 0.1) is 20.8 Å². The van der Waals surface area contributed by atoms with Crippen molar-refractivity contribution in [1.82, 2.24) is 5.32 Å². The maximum Gasteiger partial charge on any atom is 0.188 e. The fraction of sp³-hybridized carbons (Fsp3) is 0.611. The first-order chi connectivity index (χ1) is 11.1. The van der Waals surface area contributed by atoms with Crippen LogP contribution < -0.4 is 20.5 Å². The Morgan fingerprint density at radius 2 is 2.00 bits per heavy atom. The number of rotatable bonds is 6. The normalized spacial score (nSPS) is 20.9. The van der Waals surface area contributed by atoms with E-state index in [1.807, 2.05) is 18.2 Å². The van der Waals surface area contributed by atoms with Gasteiger partial charge in [-0.3, -0.25) is 0 Å². The highest BCUT2D eigenvalue weighted by molar-refractivity contribution is 14.0. The summed E-state index contributed by atoms with van der Waals surface area (Å²) in [6.45, 7) is 3.78. The van der Waals surface area contributed by atoms with E-state index < -0.39 is 0 Å². The van der Waals surface area contributed by atoms with Gasteiger partial charge in [0.2, 0.25) is 0 Å². The van der Waals surface area contributed by atoms with E-state index in [1.54, 1.807) is 14.2 Å². The molecule has 6 heteroatoms. The molecule has 0 bridgehead atoms. The summed E-state index contributed by atoms with van der Waals surface area (Å²) in [6, 6.07) is 5.79. The van der Waals surface area contributed by atoms with Crippen molar-refractivity contribution >= 4 is 29.9 Å². The summed E-state index contributed by atoms with van der Waals surface area (Å²) in [5.74, 6) is 3.49. The molecule has 0 amide bonds. The molecular weight excluding hydrogens is 417 g/mol. The number of guanidine groups is 1. The van der Waals surface area contributed by atoms with Gasteiger partial charge in [-0.15, -0.1) is 24.0 Å². The molecule has 2 atom stereocenters. The molecule has 0 spiro atoms. The van der Waals surface area contributed by atoms with Crippen molar-refractivity contribution < 1.29 is 9.47 Å². The number of nitrogens with one attached hydrogen (secondary N) is 1. The molecule has 0 saturated heterocycles. The maximum atomic E-state index is 5.98. The Morgan fingerprint density at radius 1 is 1.25 bits per heavy atom. The van der Waals surface area contributed by atoms with Crippen molar-refractivity contribution in [3.63, 3.8) is 0 Å². The van der Waals surface area contributed by atoms with Crippen LogP contribution in [0.4, 0.5) is 0 Å². The third kappa shape index (κ3) is 6.37. The predicted octanol–water partition coefficient (Wildman–Crippen LogP) is 3.55. The van der Waals surface area contributed by atoms with E-state index in [1.165, 1.54) is 25.7 Å². The third-order valence-electron chi connectivity index (χ3n) is 4.50. The van der Waals surface area contributed by atoms with Crippen LogP contribution in [-0.4, -0.2) is 26.7 Å². The molecule has 1 aromatic carbocycles. The molecule has 24 heavy (non-hydrogen) atoms. The third-order valence-corrected chi connectivity index (χ3v) is 4.50. The van der Waals surface area contributed by atoms with Crippen LogP contribution in [0.25, 0.3) is 0 Å². The summed E-state index contributed by atoms with van der Waals surface area (Å²) in [6.07, 6.45) is 5.27. The molecule has 136 valence electrons. The minimum absolute atomic E-state index is 0. The highest BCUT2D eigenvalue weighted by Gasteiger charge is 2.18. The second kappa shape index (κ2) is 10.6. The number of methoxy groups -OCH3 is 2. The fourth-order valence-electron chi connectivity index (χ4n) is 3.21. The maximum absolute atomic E-state index is 5.98. The van der Waals surface area contributed by atoms with E-state index in [4.69, 9.17) is 15.2 Å². The number of benzene rings is 1. The van der Waals surface area contributed by atoms with Crippen LogP contribution in [0.15, 0.2) is 23.2 Å². The van der Waals surface area contributed by atoms with Gasteiger partial charge in [0.25, 0.3) is 0 Å². The molecule has 2 unspecified atom stereocenters. The summed E-state index contributed by atoms with van der Waals surface area (Å²) in [5.41, 5.74) is 7.02. The molecule has 5 nitrogen and oxygen atoms in total. The SMILES string of the molecule is COc1ccc(CN=C(N)NCC2CCCC(C)C2)cc1OC.I. The molecular formula is C18H30IN3O2. The lowest BCUT2D eigenvalue weighted by Gasteiger charge is -2.26. The number of nitrogens with zero attached hydrogens (tertiary/aromatic N) is 1. The fourth-order valence-corrected chi connectivity index (χ4v) is 3.21. The zero-order valence-corrected chi connectivity index (χ0v) is 17.2. The summed E-state index contributed by atoms with van der Waals surface area (Å²) in [4.78, 5) is 4.42. The van der Waals surface area contributed by atoms with Gasteiger partial charge in [0.15, 0.2) is 17.5 Å². The summed E-state index contributed by atoms with van der Waals surface area (Å²) >= 11 is 0. The average molecular weight is 447 g/mol. The van der Waals surface area contributed by atoms with Gasteiger partial charge < -0.3 is 20.5 Å². The van der Waals surface area contributed by atoms with E-state index in [2.05, 4.69) is 17.2 Å². The van der Waals surface area contributed by atoms with Crippen molar-refractivity contribution in [1.29, 1.82) is 0 Å². The van der Waals surface area contributed by atoms with Gasteiger partial charge in [-0.2, -0.15) is 0 Å². The highest BCUT2D eigenvalue weighted by atomic mass is 127. The number of halogens is 1. The van der Waals surface area contributed by atoms with Crippen LogP contribution in [0.3, 0.4) is 0 Å². The molecule has 0 aromatic heterocycles. The van der Waals surface area contributed by atoms with Crippen molar-refractivity contribution in [3.05, 3.63) is 23.8 Å². The van der Waals surface area contributed by atoms with Gasteiger partial charge in [-0.1, -0.05) is 25.8 Å². The topological polar surface area (TPSA) is 68.9 Å². The second-order valence-corrected chi connectivity index (χ2v) is 6.41. The number of hydrogen-bond acceptors (Lipinski definition) is 3. The van der Waals surface area contributed by atoms with E-state index in [-0.39, 0.29) is 24.0 Å². The number of aliphatic imine (C=N–C) groups is 1. The molecule has 1 aromatic rings. The standard InChI is InChI=1S/C18H29N3O2.HI/c1-13-5-4-6-14(9-13)11-20-18(19)21-12-15-7-8-16(22-2)17(10-15)23-3;/h7-8,10,13-14H,4-6,9,11-12H2,1-3H3,(H3,19,20,21);1H. The quantitative estimate of drug-likeness (QED) is 0.398. The molecule has 1 saturated carbocycles. The Morgan fingerprint density at radius 3 is 2.67 bits per heavy atom. The minimum Gasteiger partial charge on any atom is -0.493 e. The Bertz CT molecular complexity index is 537. The van der Waals surface area contributed by atoms with E-state index in [0.717, 1.165) is 23.8 Å². The smallest absolute Gasteiger partial charge is 0.188 e. The van der Waals surface area contributed by atoms with Gasteiger partial charge in [-0.25, -0.2) is 4.99 Å². The lowest BCUT2D eigenvalue weighted by Crippen LogP contribution is -2.36. The lowest BCUT2D eigenvalue weighted by atomic mass is 9.82. The first-order valence-corrected chi connectivity index (χ1v) is 8.37. The van der Waals surface area contributed by atoms with E-state index in [0.29, 0.717) is 24.2 Å². The average Bonchev–Trinajstić information content (AvgIpc) is 2.57. The molecule has 1 aliphatic carbocycles. The van der Waals surface area contributed by atoms with Crippen LogP contribution in [0, 0.1) is 11.8 Å². The van der Waals surface area contributed by atoms with Crippen molar-refractivity contribution in [3.8, 4) is 11.5 Å². The van der Waals surface area contributed by atoms with Crippen molar-refractivity contribution in [2.24, 2.45) is 22.6 Å². The van der Waals surface area contributed by atoms with Crippen LogP contribution >= 0.6 is 24.0 Å². The van der Waals surface area contributed by atoms with Gasteiger partial charge in [-0.05, 0) is 42.4 Å². The van der Waals surface area contributed by atoms with Crippen LogP contribution in [0.1, 0.15) is 38.2 Å². The second-order valence-electron chi connectivity index (χ2n) is 6.41. The largest absolute Gasteiger partial charge is 0.493 e. The highest BCUT2D eigenvalue weighted by Crippen LogP contribution is 2.28. The Kier molecular flexibility index (Phi) is 9.25. The van der Waals surface area contributed by atoms with E-state index in [9.17, 15) is 0 Å². The van der Waals surface area contributed by atoms with Gasteiger partial charge in [0.1, 0.15) is 0 Å². The molecule has 3 N–H and O–H groups in total. The predicted molar refractivity (Wildman–Crippen MR) is 109 cm³/mol. The summed E-state index contributed by atoms with van der Waals surface area (Å²) < 4.78 is 10.5. The molecule has 0 aliphatic heterocycles. The zero-order valence-electron chi connectivity index (χ0n) is 14.9. The van der Waals surface area contributed by atoms with Crippen molar-refractivity contribution in [2.45, 2.75) is 39.2 Å². The first kappa shape index (κ1) is 20.9. The van der Waals surface area contributed by atoms with E-state index >= 15 is 0 Å². The van der Waals surface area contributed by atoms with Crippen LogP contribution in [0.5, 0.6) is 11.5 Å². The van der Waals surface area contributed by atoms with Gasteiger partial charge >= 0.3 is 0 Å². The van der Waals surface area contributed by atoms with Gasteiger partial charge in [0, 0.05) is 6.54 Å². The molecule has 1 fully saturated rings. The monoisotopic (exact) mass is 447 g/mol. The van der Waals surface area contributed by atoms with Crippen molar-refractivity contribution in [2.75, 3.05) is 20.8 Å². The lowest BCUT2D eigenvalue weighted by molar-refractivity contribution is 0.282. The number of ether oxygens (including phenoxy) is 2.